The van der Waals surface area contributed by atoms with Gasteiger partial charge >= 0.3 is 11.9 Å². The maximum atomic E-state index is 12.2. The Bertz CT molecular complexity index is 1660. The summed E-state index contributed by atoms with van der Waals surface area (Å²) in [6.07, 6.45) is 9.45. The van der Waals surface area contributed by atoms with Crippen LogP contribution in [0.15, 0.2) is 59.3 Å². The number of nitrogens with zero attached hydrogens (tertiary/aromatic N) is 3. The van der Waals surface area contributed by atoms with Crippen LogP contribution in [0.4, 0.5) is 5.69 Å². The summed E-state index contributed by atoms with van der Waals surface area (Å²) in [7, 11) is -3.07. The molecule has 3 heterocycles. The molecule has 1 aromatic heterocycles. The van der Waals surface area contributed by atoms with Crippen LogP contribution in [0.1, 0.15) is 80.9 Å². The van der Waals surface area contributed by atoms with Crippen LogP contribution in [0, 0.1) is 0 Å². The molecule has 2 aliphatic rings. The number of carbonyl (C=O) groups excluding carboxylic acids is 4. The van der Waals surface area contributed by atoms with Crippen LogP contribution in [0.3, 0.4) is 0 Å². The molecule has 13 heteroatoms. The summed E-state index contributed by atoms with van der Waals surface area (Å²) >= 11 is 0. The standard InChI is InChI=1S/C32H37N3O9S/c1-5-33-21-22(31(39)43-4)13-14-23(33)10-9-11-27-32(2,3)25-20-24(45(40,41)42)15-16-26(25)34(27)19-8-6-7-12-30(38)44-35-28(36)17-18-29(35)37/h9-11,13-16,20-21H,5-8,12,17-19H2,1-4H3/p+1. The number of aryl methyl sites for hydroxylation is 1. The molecule has 2 aromatic rings. The molecule has 1 fully saturated rings. The van der Waals surface area contributed by atoms with Crippen molar-refractivity contribution in [3.8, 4) is 0 Å². The van der Waals surface area contributed by atoms with Gasteiger partial charge in [0.15, 0.2) is 6.20 Å². The van der Waals surface area contributed by atoms with Crippen LogP contribution in [0.5, 0.6) is 0 Å². The number of anilines is 1. The summed E-state index contributed by atoms with van der Waals surface area (Å²) in [6, 6.07) is 8.08. The Morgan fingerprint density at radius 1 is 1.07 bits per heavy atom. The predicted octanol–water partition coefficient (Wildman–Crippen LogP) is 3.89. The van der Waals surface area contributed by atoms with Crippen molar-refractivity contribution in [3.05, 3.63) is 71.2 Å². The van der Waals surface area contributed by atoms with E-state index in [1.165, 1.54) is 19.2 Å². The first-order valence-electron chi connectivity index (χ1n) is 14.7. The van der Waals surface area contributed by atoms with Gasteiger partial charge < -0.3 is 14.5 Å². The van der Waals surface area contributed by atoms with E-state index < -0.39 is 39.3 Å². The number of fused-ring (bicyclic) bond motifs is 1. The summed E-state index contributed by atoms with van der Waals surface area (Å²) in [4.78, 5) is 54.4. The fourth-order valence-corrected chi connectivity index (χ4v) is 6.04. The Kier molecular flexibility index (Phi) is 10.2. The highest BCUT2D eigenvalue weighted by Gasteiger charge is 2.40. The van der Waals surface area contributed by atoms with Crippen molar-refractivity contribution >= 4 is 45.6 Å². The van der Waals surface area contributed by atoms with E-state index in [1.807, 2.05) is 49.6 Å². The van der Waals surface area contributed by atoms with Crippen LogP contribution in [-0.4, -0.2) is 55.4 Å². The van der Waals surface area contributed by atoms with Crippen molar-refractivity contribution in [2.45, 2.75) is 76.2 Å². The van der Waals surface area contributed by atoms with E-state index in [-0.39, 0.29) is 24.2 Å². The Hall–Kier alpha value is -4.36. The average Bonchev–Trinajstić information content (AvgIpc) is 3.42. The number of ether oxygens (including phenoxy) is 1. The van der Waals surface area contributed by atoms with E-state index in [9.17, 15) is 32.1 Å². The highest BCUT2D eigenvalue weighted by molar-refractivity contribution is 7.85. The highest BCUT2D eigenvalue weighted by atomic mass is 32.2. The average molecular weight is 641 g/mol. The van der Waals surface area contributed by atoms with E-state index in [4.69, 9.17) is 9.57 Å². The molecule has 1 N–H and O–H groups in total. The summed E-state index contributed by atoms with van der Waals surface area (Å²) in [5, 5.41) is 0.548. The van der Waals surface area contributed by atoms with Crippen LogP contribution < -0.4 is 9.47 Å². The van der Waals surface area contributed by atoms with Gasteiger partial charge in [0.05, 0.1) is 12.0 Å². The first-order chi connectivity index (χ1) is 21.3. The lowest BCUT2D eigenvalue weighted by molar-refractivity contribution is -0.695. The number of unbranched alkanes of at least 4 members (excludes halogenated alkanes) is 2. The van der Waals surface area contributed by atoms with Crippen molar-refractivity contribution in [2.24, 2.45) is 0 Å². The van der Waals surface area contributed by atoms with E-state index in [0.717, 1.165) is 22.6 Å². The molecular weight excluding hydrogens is 602 g/mol. The molecule has 0 radical (unpaired) electrons. The molecule has 240 valence electrons. The normalized spacial score (nSPS) is 17.0. The molecule has 0 saturated carbocycles. The van der Waals surface area contributed by atoms with Gasteiger partial charge in [-0.25, -0.2) is 9.59 Å². The molecule has 1 saturated heterocycles. The lowest BCUT2D eigenvalue weighted by atomic mass is 9.83. The Morgan fingerprint density at radius 2 is 1.78 bits per heavy atom. The SMILES string of the molecule is CC[n+]1cc(C(=O)OC)ccc1C=CC=C1N(CCCCCC(=O)ON2C(=O)CCC2=O)c2ccc(S(=O)(=O)O)cc2C1(C)C. The highest BCUT2D eigenvalue weighted by Crippen LogP contribution is 2.48. The molecule has 0 aliphatic carbocycles. The third-order valence-electron chi connectivity index (χ3n) is 7.97. The largest absolute Gasteiger partial charge is 0.465 e. The maximum absolute atomic E-state index is 12.2. The zero-order chi connectivity index (χ0) is 32.9. The summed E-state index contributed by atoms with van der Waals surface area (Å²) in [5.74, 6) is -2.10. The number of hydroxylamine groups is 2. The summed E-state index contributed by atoms with van der Waals surface area (Å²) in [5.41, 5.74) is 3.14. The van der Waals surface area contributed by atoms with Crippen LogP contribution in [-0.2, 0) is 46.0 Å². The molecule has 45 heavy (non-hydrogen) atoms. The second-order valence-electron chi connectivity index (χ2n) is 11.3. The van der Waals surface area contributed by atoms with Crippen molar-refractivity contribution in [1.82, 2.24) is 5.06 Å². The molecular formula is C32H38N3O9S+. The van der Waals surface area contributed by atoms with Gasteiger partial charge in [-0.15, -0.1) is 5.06 Å². The summed E-state index contributed by atoms with van der Waals surface area (Å²) < 4.78 is 40.3. The third-order valence-corrected chi connectivity index (χ3v) is 8.82. The number of hydrogen-bond donors (Lipinski definition) is 1. The van der Waals surface area contributed by atoms with Crippen LogP contribution in [0.2, 0.25) is 0 Å². The molecule has 0 spiro atoms. The minimum absolute atomic E-state index is 0.0385. The van der Waals surface area contributed by atoms with Gasteiger partial charge in [-0.05, 0) is 55.7 Å². The van der Waals surface area contributed by atoms with E-state index in [2.05, 4.69) is 4.90 Å². The lowest BCUT2D eigenvalue weighted by Crippen LogP contribution is -2.36. The van der Waals surface area contributed by atoms with Crippen molar-refractivity contribution in [2.75, 3.05) is 18.6 Å². The fourth-order valence-electron chi connectivity index (χ4n) is 5.54. The number of carbonyl (C=O) groups is 4. The molecule has 12 nitrogen and oxygen atoms in total. The zero-order valence-corrected chi connectivity index (χ0v) is 26.6. The number of allylic oxidation sites excluding steroid dienone is 3. The van der Waals surface area contributed by atoms with Gasteiger partial charge in [0, 0.05) is 54.7 Å². The van der Waals surface area contributed by atoms with E-state index in [0.29, 0.717) is 43.0 Å². The number of methoxy groups -OCH3 is 1. The molecule has 2 aliphatic heterocycles. The lowest BCUT2D eigenvalue weighted by Gasteiger charge is -2.27. The van der Waals surface area contributed by atoms with Crippen molar-refractivity contribution in [3.63, 3.8) is 0 Å². The molecule has 0 bridgehead atoms. The molecule has 2 amide bonds. The van der Waals surface area contributed by atoms with Crippen LogP contribution >= 0.6 is 0 Å². The molecule has 1 aromatic carbocycles. The number of esters is 1. The molecule has 4 rings (SSSR count). The minimum Gasteiger partial charge on any atom is -0.465 e. The second-order valence-corrected chi connectivity index (χ2v) is 12.7. The zero-order valence-electron chi connectivity index (χ0n) is 25.8. The van der Waals surface area contributed by atoms with Crippen LogP contribution in [0.25, 0.3) is 6.08 Å². The maximum Gasteiger partial charge on any atom is 0.343 e. The van der Waals surface area contributed by atoms with Crippen molar-refractivity contribution < 1.29 is 46.3 Å². The predicted molar refractivity (Wildman–Crippen MR) is 163 cm³/mol. The van der Waals surface area contributed by atoms with Gasteiger partial charge in [-0.3, -0.25) is 14.1 Å². The first-order valence-corrected chi connectivity index (χ1v) is 16.2. The monoisotopic (exact) mass is 640 g/mol. The first kappa shape index (κ1) is 33.5. The Morgan fingerprint density at radius 3 is 2.42 bits per heavy atom. The quantitative estimate of drug-likeness (QED) is 0.119. The fraction of sp³-hybridized carbons (Fsp3) is 0.406. The third kappa shape index (κ3) is 7.48. The Labute approximate surface area is 262 Å². The number of benzene rings is 1. The number of amides is 2. The van der Waals surface area contributed by atoms with Gasteiger partial charge in [0.25, 0.3) is 21.9 Å². The Balaban J connectivity index is 1.52. The summed E-state index contributed by atoms with van der Waals surface area (Å²) in [6.45, 7) is 7.11. The number of hydrogen-bond acceptors (Lipinski definition) is 9. The van der Waals surface area contributed by atoms with Gasteiger partial charge in [-0.2, -0.15) is 13.0 Å². The van der Waals surface area contributed by atoms with Gasteiger partial charge in [-0.1, -0.05) is 26.3 Å². The smallest absolute Gasteiger partial charge is 0.343 e. The van der Waals surface area contributed by atoms with Crippen molar-refractivity contribution in [1.29, 1.82) is 0 Å². The van der Waals surface area contributed by atoms with Gasteiger partial charge in [0.2, 0.25) is 5.69 Å². The topological polar surface area (TPSA) is 151 Å². The number of pyridine rings is 1. The molecule has 0 atom stereocenters. The molecule has 0 unspecified atom stereocenters. The van der Waals surface area contributed by atoms with E-state index in [1.54, 1.807) is 18.3 Å². The van der Waals surface area contributed by atoms with Gasteiger partial charge in [0.1, 0.15) is 12.1 Å². The number of imide groups is 1. The number of aromatic nitrogens is 1. The second kappa shape index (κ2) is 13.7. The van der Waals surface area contributed by atoms with E-state index >= 15 is 0 Å². The minimum atomic E-state index is -4.41. The number of rotatable bonds is 12.